The lowest BCUT2D eigenvalue weighted by atomic mass is 9.97. The third-order valence-corrected chi connectivity index (χ3v) is 5.17. The van der Waals surface area contributed by atoms with Gasteiger partial charge in [-0.15, -0.1) is 10.2 Å². The van der Waals surface area contributed by atoms with Crippen LogP contribution >= 0.6 is 0 Å². The van der Waals surface area contributed by atoms with Crippen LogP contribution in [0.1, 0.15) is 10.4 Å². The molecule has 35 heavy (non-hydrogen) atoms. The fourth-order valence-corrected chi connectivity index (χ4v) is 3.35. The van der Waals surface area contributed by atoms with E-state index in [-0.39, 0.29) is 11.5 Å². The van der Waals surface area contributed by atoms with Crippen LogP contribution in [0.25, 0.3) is 22.9 Å². The first-order valence-corrected chi connectivity index (χ1v) is 10.5. The quantitative estimate of drug-likeness (QED) is 0.298. The summed E-state index contributed by atoms with van der Waals surface area (Å²) >= 11 is 0. The Kier molecular flexibility index (Phi) is 6.83. The maximum absolute atomic E-state index is 12.9. The second kappa shape index (κ2) is 10.3. The summed E-state index contributed by atoms with van der Waals surface area (Å²) in [7, 11) is 2.96. The van der Waals surface area contributed by atoms with Gasteiger partial charge < -0.3 is 19.2 Å². The number of amides is 1. The van der Waals surface area contributed by atoms with E-state index in [4.69, 9.17) is 13.9 Å². The van der Waals surface area contributed by atoms with Crippen molar-refractivity contribution < 1.29 is 23.5 Å². The van der Waals surface area contributed by atoms with E-state index < -0.39 is 17.6 Å². The zero-order valence-corrected chi connectivity index (χ0v) is 18.9. The fraction of sp³-hybridized carbons (Fsp3) is 0.115. The Balaban J connectivity index is 1.48. The maximum Gasteiger partial charge on any atom is 0.249 e. The highest BCUT2D eigenvalue weighted by Gasteiger charge is 2.28. The molecule has 0 aliphatic carbocycles. The highest BCUT2D eigenvalue weighted by molar-refractivity contribution is 6.15. The Morgan fingerprint density at radius 3 is 2.11 bits per heavy atom. The normalized spacial score (nSPS) is 11.2. The molecule has 1 heterocycles. The first kappa shape index (κ1) is 23.2. The second-order valence-electron chi connectivity index (χ2n) is 7.34. The molecule has 4 aromatic rings. The highest BCUT2D eigenvalue weighted by atomic mass is 16.5. The first-order valence-electron chi connectivity index (χ1n) is 10.5. The topological polar surface area (TPSA) is 127 Å². The van der Waals surface area contributed by atoms with E-state index in [2.05, 4.69) is 15.5 Å². The van der Waals surface area contributed by atoms with Crippen LogP contribution in [0.15, 0.2) is 77.2 Å². The minimum absolute atomic E-state index is 0.200. The summed E-state index contributed by atoms with van der Waals surface area (Å²) in [5.74, 6) is -1.39. The van der Waals surface area contributed by atoms with Crippen molar-refractivity contribution >= 4 is 17.4 Å². The monoisotopic (exact) mass is 468 g/mol. The van der Waals surface area contributed by atoms with Crippen LogP contribution in [0.3, 0.4) is 0 Å². The molecule has 1 N–H and O–H groups in total. The van der Waals surface area contributed by atoms with Crippen molar-refractivity contribution in [2.75, 3.05) is 19.5 Å². The number of nitrogens with one attached hydrogen (secondary N) is 1. The number of Topliss-reactive ketones (excluding diaryl/α,β-unsaturated/α-hetero) is 1. The van der Waals surface area contributed by atoms with Crippen LogP contribution in [0.2, 0.25) is 0 Å². The number of hydrogen-bond donors (Lipinski definition) is 1. The molecule has 0 fully saturated rings. The van der Waals surface area contributed by atoms with Crippen LogP contribution < -0.4 is 14.8 Å². The van der Waals surface area contributed by atoms with E-state index in [1.54, 1.807) is 36.4 Å². The molecule has 0 saturated heterocycles. The number of ether oxygens (including phenoxy) is 2. The molecular weight excluding hydrogens is 448 g/mol. The number of anilines is 1. The Labute approximate surface area is 200 Å². The Morgan fingerprint density at radius 2 is 1.51 bits per heavy atom. The number of carbonyl (C=O) groups excluding carboxylic acids is 2. The van der Waals surface area contributed by atoms with Crippen LogP contribution in [0.5, 0.6) is 11.5 Å². The smallest absolute Gasteiger partial charge is 0.249 e. The van der Waals surface area contributed by atoms with Crippen molar-refractivity contribution in [1.82, 2.24) is 10.2 Å². The minimum Gasteiger partial charge on any atom is -0.493 e. The van der Waals surface area contributed by atoms with Gasteiger partial charge in [-0.1, -0.05) is 30.3 Å². The molecule has 1 aromatic heterocycles. The molecule has 1 unspecified atom stereocenters. The predicted molar refractivity (Wildman–Crippen MR) is 127 cm³/mol. The molecule has 1 amide bonds. The zero-order valence-electron chi connectivity index (χ0n) is 18.9. The maximum atomic E-state index is 12.9. The number of aromatic nitrogens is 2. The highest BCUT2D eigenvalue weighted by Crippen LogP contribution is 2.30. The number of benzene rings is 3. The van der Waals surface area contributed by atoms with Gasteiger partial charge in [0, 0.05) is 28.4 Å². The number of nitriles is 1. The Bertz CT molecular complexity index is 1390. The molecule has 0 bridgehead atoms. The van der Waals surface area contributed by atoms with Crippen molar-refractivity contribution in [2.45, 2.75) is 0 Å². The number of ketones is 1. The summed E-state index contributed by atoms with van der Waals surface area (Å²) in [6, 6.07) is 22.1. The van der Waals surface area contributed by atoms with Gasteiger partial charge in [-0.3, -0.25) is 9.59 Å². The molecule has 9 heteroatoms. The fourth-order valence-electron chi connectivity index (χ4n) is 3.35. The average molecular weight is 468 g/mol. The summed E-state index contributed by atoms with van der Waals surface area (Å²) in [5, 5.41) is 20.2. The van der Waals surface area contributed by atoms with Gasteiger partial charge in [0.25, 0.3) is 0 Å². The zero-order chi connectivity index (χ0) is 24.8. The van der Waals surface area contributed by atoms with Gasteiger partial charge in [-0.25, -0.2) is 0 Å². The first-order chi connectivity index (χ1) is 17.0. The molecular formula is C26H20N4O5. The van der Waals surface area contributed by atoms with Gasteiger partial charge in [0.15, 0.2) is 23.2 Å². The standard InChI is InChI=1S/C26H20N4O5/c1-33-21-13-12-19(14-22(21)34-2)28-24(32)20(15-27)23(31)16-8-10-18(11-9-16)26-30-29-25(35-26)17-6-4-3-5-7-17/h3-14,20H,1-2H3,(H,28,32). The summed E-state index contributed by atoms with van der Waals surface area (Å²) in [6.07, 6.45) is 0. The Hall–Kier alpha value is -4.97. The van der Waals surface area contributed by atoms with Gasteiger partial charge in [-0.2, -0.15) is 5.26 Å². The number of methoxy groups -OCH3 is 2. The van der Waals surface area contributed by atoms with Gasteiger partial charge in [0.1, 0.15) is 0 Å². The van der Waals surface area contributed by atoms with E-state index in [1.807, 2.05) is 30.3 Å². The van der Waals surface area contributed by atoms with E-state index >= 15 is 0 Å². The van der Waals surface area contributed by atoms with Gasteiger partial charge in [0.05, 0.1) is 20.3 Å². The number of hydrogen-bond acceptors (Lipinski definition) is 8. The van der Waals surface area contributed by atoms with Crippen LogP contribution in [-0.2, 0) is 4.79 Å². The molecule has 1 atom stereocenters. The van der Waals surface area contributed by atoms with Crippen LogP contribution in [0.4, 0.5) is 5.69 Å². The van der Waals surface area contributed by atoms with Crippen molar-refractivity contribution in [2.24, 2.45) is 5.92 Å². The molecule has 0 aliphatic heterocycles. The van der Waals surface area contributed by atoms with Crippen molar-refractivity contribution in [3.8, 4) is 40.5 Å². The molecule has 0 aliphatic rings. The molecule has 3 aromatic carbocycles. The lowest BCUT2D eigenvalue weighted by molar-refractivity contribution is -0.117. The van der Waals surface area contributed by atoms with Crippen LogP contribution in [0, 0.1) is 17.2 Å². The number of rotatable bonds is 8. The summed E-state index contributed by atoms with van der Waals surface area (Å²) < 4.78 is 16.1. The van der Waals surface area contributed by atoms with E-state index in [9.17, 15) is 14.9 Å². The predicted octanol–water partition coefficient (Wildman–Crippen LogP) is 4.38. The van der Waals surface area contributed by atoms with Crippen molar-refractivity contribution in [3.63, 3.8) is 0 Å². The molecule has 174 valence electrons. The SMILES string of the molecule is COc1ccc(NC(=O)C(C#N)C(=O)c2ccc(-c3nnc(-c4ccccc4)o3)cc2)cc1OC. The lowest BCUT2D eigenvalue weighted by Crippen LogP contribution is -2.28. The summed E-state index contributed by atoms with van der Waals surface area (Å²) in [6.45, 7) is 0. The van der Waals surface area contributed by atoms with Gasteiger partial charge >= 0.3 is 0 Å². The lowest BCUT2D eigenvalue weighted by Gasteiger charge is -2.12. The Morgan fingerprint density at radius 1 is 0.886 bits per heavy atom. The van der Waals surface area contributed by atoms with E-state index in [0.29, 0.717) is 28.6 Å². The number of carbonyl (C=O) groups is 2. The molecule has 0 saturated carbocycles. The molecule has 9 nitrogen and oxygen atoms in total. The van der Waals surface area contributed by atoms with Gasteiger partial charge in [-0.05, 0) is 36.4 Å². The van der Waals surface area contributed by atoms with E-state index in [1.165, 1.54) is 26.4 Å². The molecule has 0 radical (unpaired) electrons. The molecule has 4 rings (SSSR count). The average Bonchev–Trinajstić information content (AvgIpc) is 3.40. The minimum atomic E-state index is -1.54. The van der Waals surface area contributed by atoms with Gasteiger partial charge in [0.2, 0.25) is 17.7 Å². The third-order valence-electron chi connectivity index (χ3n) is 5.17. The van der Waals surface area contributed by atoms with Crippen LogP contribution in [-0.4, -0.2) is 36.1 Å². The third kappa shape index (κ3) is 5.02. The van der Waals surface area contributed by atoms with E-state index in [0.717, 1.165) is 5.56 Å². The summed E-state index contributed by atoms with van der Waals surface area (Å²) in [4.78, 5) is 25.6. The molecule has 0 spiro atoms. The van der Waals surface area contributed by atoms with Crippen molar-refractivity contribution in [3.05, 3.63) is 78.4 Å². The second-order valence-corrected chi connectivity index (χ2v) is 7.34. The largest absolute Gasteiger partial charge is 0.493 e. The number of nitrogens with zero attached hydrogens (tertiary/aromatic N) is 3. The van der Waals surface area contributed by atoms with Crippen molar-refractivity contribution in [1.29, 1.82) is 5.26 Å². The summed E-state index contributed by atoms with van der Waals surface area (Å²) in [5.41, 5.74) is 1.95.